The van der Waals surface area contributed by atoms with Gasteiger partial charge in [0.15, 0.2) is 0 Å². The number of hydrogen-bond acceptors (Lipinski definition) is 7. The lowest BCUT2D eigenvalue weighted by Gasteiger charge is -2.23. The Morgan fingerprint density at radius 3 is 2.68 bits per heavy atom. The maximum atomic E-state index is 10.8. The van der Waals surface area contributed by atoms with Gasteiger partial charge in [-0.1, -0.05) is 0 Å². The van der Waals surface area contributed by atoms with Crippen LogP contribution in [0.15, 0.2) is 18.2 Å². The molecule has 0 saturated heterocycles. The summed E-state index contributed by atoms with van der Waals surface area (Å²) in [6.45, 7) is 3.21. The third kappa shape index (κ3) is 9.10. The molecule has 1 heterocycles. The van der Waals surface area contributed by atoms with Gasteiger partial charge in [-0.05, 0) is 43.9 Å². The topological polar surface area (TPSA) is 89.2 Å². The Bertz CT molecular complexity index is 572. The van der Waals surface area contributed by atoms with Crippen LogP contribution in [0, 0.1) is 0 Å². The summed E-state index contributed by atoms with van der Waals surface area (Å²) in [5.41, 5.74) is 7.15. The summed E-state index contributed by atoms with van der Waals surface area (Å²) in [7, 11) is 1.34. The largest absolute Gasteiger partial charge is 0.494 e. The Hall–Kier alpha value is -1.54. The zero-order valence-electron chi connectivity index (χ0n) is 16.5. The zero-order valence-corrected chi connectivity index (χ0v) is 17.3. The minimum atomic E-state index is -0.357. The van der Waals surface area contributed by atoms with E-state index >= 15 is 0 Å². The summed E-state index contributed by atoms with van der Waals surface area (Å²) in [6, 6.07) is 5.89. The Labute approximate surface area is 173 Å². The fraction of sp³-hybridized carbons (Fsp3) is 0.650. The Kier molecular flexibility index (Phi) is 12.6. The molecule has 2 N–H and O–H groups in total. The summed E-state index contributed by atoms with van der Waals surface area (Å²) >= 11 is 0. The molecule has 0 bridgehead atoms. The molecule has 0 aromatic heterocycles. The van der Waals surface area contributed by atoms with Gasteiger partial charge in [-0.3, -0.25) is 0 Å². The number of carbonyl (C=O) groups is 1. The maximum Gasteiger partial charge on any atom is 0.331 e. The highest BCUT2D eigenvalue weighted by Gasteiger charge is 2.18. The van der Waals surface area contributed by atoms with Crippen LogP contribution < -0.4 is 15.2 Å². The van der Waals surface area contributed by atoms with Crippen LogP contribution in [-0.2, 0) is 19.0 Å². The van der Waals surface area contributed by atoms with Crippen LogP contribution in [0.4, 0.5) is 0 Å². The molecule has 0 aliphatic carbocycles. The molecule has 0 radical (unpaired) electrons. The number of hydrogen-bond donors (Lipinski definition) is 1. The second-order valence-electron chi connectivity index (χ2n) is 6.45. The summed E-state index contributed by atoms with van der Waals surface area (Å²) < 4.78 is 26.6. The second-order valence-corrected chi connectivity index (χ2v) is 6.45. The molecule has 1 aromatic carbocycles. The smallest absolute Gasteiger partial charge is 0.331 e. The van der Waals surface area contributed by atoms with Crippen LogP contribution in [0.3, 0.4) is 0 Å². The number of methoxy groups -OCH3 is 1. The standard InChI is InChI=1S/C20H31NO6.ClH/c1-23-20(22)15-25-11-5-10-24-9-3-2-4-12-26-16-6-7-19-17(14-16)18(21)8-13-27-19;/h6-7,14,18H,2-5,8-13,15,21H2,1H3;1H/t18-;/m1./s1. The van der Waals surface area contributed by atoms with Gasteiger partial charge in [-0.25, -0.2) is 4.79 Å². The number of nitrogens with two attached hydrogens (primary N) is 1. The first-order chi connectivity index (χ1) is 13.2. The van der Waals surface area contributed by atoms with E-state index in [-0.39, 0.29) is 31.0 Å². The van der Waals surface area contributed by atoms with E-state index in [4.69, 9.17) is 24.7 Å². The molecule has 2 rings (SSSR count). The molecular weight excluding hydrogens is 386 g/mol. The molecule has 1 aromatic rings. The van der Waals surface area contributed by atoms with E-state index in [2.05, 4.69) is 4.74 Å². The number of fused-ring (bicyclic) bond motifs is 1. The van der Waals surface area contributed by atoms with E-state index in [1.807, 2.05) is 18.2 Å². The van der Waals surface area contributed by atoms with Gasteiger partial charge in [-0.2, -0.15) is 0 Å². The van der Waals surface area contributed by atoms with Crippen molar-refractivity contribution in [3.05, 3.63) is 23.8 Å². The summed E-state index contributed by atoms with van der Waals surface area (Å²) in [5.74, 6) is 1.36. The van der Waals surface area contributed by atoms with Crippen LogP contribution in [0.1, 0.15) is 43.7 Å². The van der Waals surface area contributed by atoms with E-state index in [9.17, 15) is 4.79 Å². The van der Waals surface area contributed by atoms with Crippen molar-refractivity contribution in [2.24, 2.45) is 5.73 Å². The second kappa shape index (κ2) is 14.5. The number of ether oxygens (including phenoxy) is 5. The van der Waals surface area contributed by atoms with E-state index in [0.29, 0.717) is 26.4 Å². The van der Waals surface area contributed by atoms with Gasteiger partial charge >= 0.3 is 5.97 Å². The first kappa shape index (κ1) is 24.5. The molecule has 160 valence electrons. The highest BCUT2D eigenvalue weighted by molar-refractivity contribution is 5.85. The van der Waals surface area contributed by atoms with Crippen molar-refractivity contribution in [2.45, 2.75) is 38.1 Å². The van der Waals surface area contributed by atoms with Gasteiger partial charge in [0.05, 0.1) is 20.3 Å². The quantitative estimate of drug-likeness (QED) is 0.389. The highest BCUT2D eigenvalue weighted by Crippen LogP contribution is 2.33. The maximum absolute atomic E-state index is 10.8. The average molecular weight is 418 g/mol. The predicted octanol–water partition coefficient (Wildman–Crippen LogP) is 3.04. The van der Waals surface area contributed by atoms with Crippen molar-refractivity contribution in [2.75, 3.05) is 46.8 Å². The van der Waals surface area contributed by atoms with Crippen LogP contribution in [0.25, 0.3) is 0 Å². The molecule has 0 amide bonds. The van der Waals surface area contributed by atoms with Crippen LogP contribution in [0.5, 0.6) is 11.5 Å². The summed E-state index contributed by atoms with van der Waals surface area (Å²) in [5, 5.41) is 0. The first-order valence-corrected chi connectivity index (χ1v) is 9.58. The minimum absolute atomic E-state index is 0. The first-order valence-electron chi connectivity index (χ1n) is 9.58. The Morgan fingerprint density at radius 1 is 1.11 bits per heavy atom. The molecular formula is C20H32ClNO6. The number of halogens is 1. The lowest BCUT2D eigenvalue weighted by Crippen LogP contribution is -2.20. The number of esters is 1. The van der Waals surface area contributed by atoms with Crippen molar-refractivity contribution >= 4 is 18.4 Å². The lowest BCUT2D eigenvalue weighted by molar-refractivity contribution is -0.146. The molecule has 0 saturated carbocycles. The van der Waals surface area contributed by atoms with Crippen molar-refractivity contribution in [1.29, 1.82) is 0 Å². The van der Waals surface area contributed by atoms with Crippen molar-refractivity contribution in [3.8, 4) is 11.5 Å². The monoisotopic (exact) mass is 417 g/mol. The minimum Gasteiger partial charge on any atom is -0.494 e. The number of carbonyl (C=O) groups excluding carboxylic acids is 1. The van der Waals surface area contributed by atoms with Crippen molar-refractivity contribution in [1.82, 2.24) is 0 Å². The summed E-state index contributed by atoms with van der Waals surface area (Å²) in [6.07, 6.45) is 4.63. The van der Waals surface area contributed by atoms with Gasteiger partial charge in [0.1, 0.15) is 18.1 Å². The molecule has 7 nitrogen and oxygen atoms in total. The number of benzene rings is 1. The molecule has 1 aliphatic rings. The molecule has 0 unspecified atom stereocenters. The SMILES string of the molecule is COC(=O)COCCCOCCCCCOc1ccc2c(c1)[C@H](N)CCO2.Cl. The number of unbranched alkanes of at least 4 members (excludes halogenated alkanes) is 2. The lowest BCUT2D eigenvalue weighted by atomic mass is 10.0. The van der Waals surface area contributed by atoms with Crippen LogP contribution >= 0.6 is 12.4 Å². The normalized spacial score (nSPS) is 15.1. The van der Waals surface area contributed by atoms with Gasteiger partial charge in [-0.15, -0.1) is 12.4 Å². The Morgan fingerprint density at radius 2 is 1.86 bits per heavy atom. The Balaban J connectivity index is 0.00000392. The zero-order chi connectivity index (χ0) is 19.3. The van der Waals surface area contributed by atoms with E-state index in [1.165, 1.54) is 7.11 Å². The van der Waals surface area contributed by atoms with Crippen LogP contribution in [-0.4, -0.2) is 52.7 Å². The number of rotatable bonds is 13. The van der Waals surface area contributed by atoms with E-state index in [1.54, 1.807) is 0 Å². The molecule has 0 fully saturated rings. The fourth-order valence-electron chi connectivity index (χ4n) is 2.74. The van der Waals surface area contributed by atoms with Gasteiger partial charge in [0.25, 0.3) is 0 Å². The average Bonchev–Trinajstić information content (AvgIpc) is 2.69. The van der Waals surface area contributed by atoms with Gasteiger partial charge in [0, 0.05) is 37.8 Å². The van der Waals surface area contributed by atoms with Crippen LogP contribution in [0.2, 0.25) is 0 Å². The fourth-order valence-corrected chi connectivity index (χ4v) is 2.74. The van der Waals surface area contributed by atoms with Crippen molar-refractivity contribution < 1.29 is 28.5 Å². The van der Waals surface area contributed by atoms with E-state index < -0.39 is 0 Å². The van der Waals surface area contributed by atoms with Crippen molar-refractivity contribution in [3.63, 3.8) is 0 Å². The summed E-state index contributed by atoms with van der Waals surface area (Å²) in [4.78, 5) is 10.8. The van der Waals surface area contributed by atoms with Gasteiger partial charge < -0.3 is 29.4 Å². The molecule has 1 atom stereocenters. The predicted molar refractivity (Wildman–Crippen MR) is 108 cm³/mol. The molecule has 0 spiro atoms. The van der Waals surface area contributed by atoms with Gasteiger partial charge in [0.2, 0.25) is 0 Å². The molecule has 8 heteroatoms. The third-order valence-electron chi connectivity index (χ3n) is 4.29. The third-order valence-corrected chi connectivity index (χ3v) is 4.29. The molecule has 28 heavy (non-hydrogen) atoms. The molecule has 1 aliphatic heterocycles. The van der Waals surface area contributed by atoms with E-state index in [0.717, 1.165) is 55.8 Å². The highest BCUT2D eigenvalue weighted by atomic mass is 35.5.